The van der Waals surface area contributed by atoms with Crippen molar-refractivity contribution in [2.24, 2.45) is 10.9 Å². The lowest BCUT2D eigenvalue weighted by atomic mass is 10.1. The average molecular weight is 305 g/mol. The molecule has 1 aromatic heterocycles. The first kappa shape index (κ1) is 15.1. The number of hydrogen-bond donors (Lipinski definition) is 2. The minimum atomic E-state index is 0.0423. The summed E-state index contributed by atoms with van der Waals surface area (Å²) in [5, 5.41) is 12.2. The fraction of sp³-hybridized carbons (Fsp3) is 0.200. The van der Waals surface area contributed by atoms with Gasteiger partial charge in [0.2, 0.25) is 0 Å². The molecule has 1 heterocycles. The van der Waals surface area contributed by atoms with E-state index in [1.807, 2.05) is 18.2 Å². The van der Waals surface area contributed by atoms with E-state index in [0.29, 0.717) is 10.6 Å². The Bertz CT molecular complexity index is 631. The van der Waals surface area contributed by atoms with Gasteiger partial charge < -0.3 is 15.8 Å². The van der Waals surface area contributed by atoms with Crippen molar-refractivity contribution < 1.29 is 5.21 Å². The van der Waals surface area contributed by atoms with Gasteiger partial charge in [0.15, 0.2) is 5.84 Å². The summed E-state index contributed by atoms with van der Waals surface area (Å²) in [7, 11) is 0. The van der Waals surface area contributed by atoms with Gasteiger partial charge in [0.05, 0.1) is 10.7 Å². The molecule has 1 aromatic carbocycles. The van der Waals surface area contributed by atoms with E-state index in [4.69, 9.17) is 22.5 Å². The molecule has 2 aromatic rings. The Labute approximate surface area is 128 Å². The van der Waals surface area contributed by atoms with Crippen LogP contribution in [-0.2, 0) is 6.54 Å². The van der Waals surface area contributed by atoms with E-state index in [1.54, 1.807) is 24.5 Å². The smallest absolute Gasteiger partial charge is 0.170 e. The molecule has 0 saturated heterocycles. The maximum atomic E-state index is 8.70. The highest BCUT2D eigenvalue weighted by atomic mass is 35.5. The van der Waals surface area contributed by atoms with Gasteiger partial charge in [0, 0.05) is 31.0 Å². The summed E-state index contributed by atoms with van der Waals surface area (Å²) in [4.78, 5) is 6.16. The Morgan fingerprint density at radius 1 is 1.33 bits per heavy atom. The fourth-order valence-electron chi connectivity index (χ4n) is 2.06. The van der Waals surface area contributed by atoms with Crippen molar-refractivity contribution in [3.8, 4) is 0 Å². The van der Waals surface area contributed by atoms with Crippen molar-refractivity contribution in [2.75, 3.05) is 11.4 Å². The summed E-state index contributed by atoms with van der Waals surface area (Å²) in [6.45, 7) is 3.61. The van der Waals surface area contributed by atoms with Crippen LogP contribution in [0.15, 0.2) is 47.9 Å². The number of amidine groups is 1. The number of aromatic nitrogens is 1. The second-order valence-corrected chi connectivity index (χ2v) is 4.93. The van der Waals surface area contributed by atoms with Gasteiger partial charge in [-0.1, -0.05) is 16.8 Å². The molecule has 0 unspecified atom stereocenters. The molecular formula is C15H17ClN4O. The van der Waals surface area contributed by atoms with E-state index in [0.717, 1.165) is 24.3 Å². The van der Waals surface area contributed by atoms with Crippen LogP contribution in [0.2, 0.25) is 5.02 Å². The summed E-state index contributed by atoms with van der Waals surface area (Å²) in [6, 6.07) is 9.30. The van der Waals surface area contributed by atoms with Gasteiger partial charge in [0.25, 0.3) is 0 Å². The molecule has 0 aliphatic carbocycles. The van der Waals surface area contributed by atoms with E-state index in [2.05, 4.69) is 22.0 Å². The molecule has 21 heavy (non-hydrogen) atoms. The maximum absolute atomic E-state index is 8.70. The second kappa shape index (κ2) is 6.95. The zero-order valence-corrected chi connectivity index (χ0v) is 12.5. The lowest BCUT2D eigenvalue weighted by molar-refractivity contribution is 0.318. The summed E-state index contributed by atoms with van der Waals surface area (Å²) < 4.78 is 0. The topological polar surface area (TPSA) is 74.7 Å². The SMILES string of the molecule is CCN(Cc1ccncc1)c1ccc(C(N)=NO)cc1Cl. The van der Waals surface area contributed by atoms with Crippen LogP contribution in [0.3, 0.4) is 0 Å². The number of nitrogens with two attached hydrogens (primary N) is 1. The minimum Gasteiger partial charge on any atom is -0.409 e. The number of oxime groups is 1. The molecule has 0 aliphatic rings. The quantitative estimate of drug-likeness (QED) is 0.385. The Balaban J connectivity index is 2.26. The van der Waals surface area contributed by atoms with Gasteiger partial charge in [-0.25, -0.2) is 0 Å². The van der Waals surface area contributed by atoms with Crippen molar-refractivity contribution >= 4 is 23.1 Å². The third-order valence-electron chi connectivity index (χ3n) is 3.20. The molecule has 0 fully saturated rings. The van der Waals surface area contributed by atoms with Crippen LogP contribution in [-0.4, -0.2) is 22.6 Å². The first-order valence-corrected chi connectivity index (χ1v) is 6.94. The van der Waals surface area contributed by atoms with E-state index < -0.39 is 0 Å². The molecule has 110 valence electrons. The predicted molar refractivity (Wildman–Crippen MR) is 84.9 cm³/mol. The second-order valence-electron chi connectivity index (χ2n) is 4.52. The summed E-state index contributed by atoms with van der Waals surface area (Å²) in [5.74, 6) is 0.0423. The highest BCUT2D eigenvalue weighted by Gasteiger charge is 2.11. The summed E-state index contributed by atoms with van der Waals surface area (Å²) in [6.07, 6.45) is 3.54. The van der Waals surface area contributed by atoms with Crippen LogP contribution in [0.25, 0.3) is 0 Å². The lowest BCUT2D eigenvalue weighted by Gasteiger charge is -2.24. The van der Waals surface area contributed by atoms with E-state index >= 15 is 0 Å². The van der Waals surface area contributed by atoms with Crippen LogP contribution >= 0.6 is 11.6 Å². The standard InChI is InChI=1S/C15H17ClN4O/c1-2-20(10-11-5-7-18-8-6-11)14-4-3-12(9-13(14)16)15(17)19-21/h3-9,21H,2,10H2,1H3,(H2,17,19). The van der Waals surface area contributed by atoms with Gasteiger partial charge in [-0.15, -0.1) is 0 Å². The number of anilines is 1. The third-order valence-corrected chi connectivity index (χ3v) is 3.50. The van der Waals surface area contributed by atoms with E-state index in [-0.39, 0.29) is 5.84 Å². The molecule has 0 amide bonds. The Kier molecular flexibility index (Phi) is 5.00. The van der Waals surface area contributed by atoms with Gasteiger partial charge in [-0.2, -0.15) is 0 Å². The summed E-state index contributed by atoms with van der Waals surface area (Å²) >= 11 is 6.32. The van der Waals surface area contributed by atoms with Crippen molar-refractivity contribution in [2.45, 2.75) is 13.5 Å². The first-order chi connectivity index (χ1) is 10.2. The van der Waals surface area contributed by atoms with Crippen LogP contribution in [0.1, 0.15) is 18.1 Å². The fourth-order valence-corrected chi connectivity index (χ4v) is 2.36. The number of halogens is 1. The van der Waals surface area contributed by atoms with E-state index in [9.17, 15) is 0 Å². The molecule has 0 spiro atoms. The van der Waals surface area contributed by atoms with E-state index in [1.165, 1.54) is 0 Å². The highest BCUT2D eigenvalue weighted by Crippen LogP contribution is 2.28. The van der Waals surface area contributed by atoms with Crippen molar-refractivity contribution in [3.05, 3.63) is 58.9 Å². The number of hydrogen-bond acceptors (Lipinski definition) is 4. The average Bonchev–Trinajstić information content (AvgIpc) is 2.53. The number of rotatable bonds is 5. The Hall–Kier alpha value is -2.27. The molecule has 2 rings (SSSR count). The normalized spacial score (nSPS) is 11.4. The molecule has 3 N–H and O–H groups in total. The molecule has 0 radical (unpaired) electrons. The molecule has 0 aliphatic heterocycles. The molecule has 6 heteroatoms. The number of pyridine rings is 1. The monoisotopic (exact) mass is 304 g/mol. The molecule has 5 nitrogen and oxygen atoms in total. The lowest BCUT2D eigenvalue weighted by Crippen LogP contribution is -2.22. The Morgan fingerprint density at radius 3 is 2.62 bits per heavy atom. The molecule has 0 bridgehead atoms. The zero-order valence-electron chi connectivity index (χ0n) is 11.7. The van der Waals surface area contributed by atoms with Crippen molar-refractivity contribution in [1.82, 2.24) is 4.98 Å². The number of nitrogens with zero attached hydrogens (tertiary/aromatic N) is 3. The van der Waals surface area contributed by atoms with Crippen LogP contribution in [0, 0.1) is 0 Å². The van der Waals surface area contributed by atoms with Gasteiger partial charge in [-0.3, -0.25) is 4.98 Å². The molecule has 0 atom stereocenters. The minimum absolute atomic E-state index is 0.0423. The van der Waals surface area contributed by atoms with Crippen LogP contribution in [0.5, 0.6) is 0 Å². The zero-order chi connectivity index (χ0) is 15.2. The van der Waals surface area contributed by atoms with Crippen molar-refractivity contribution in [3.63, 3.8) is 0 Å². The number of benzene rings is 1. The third kappa shape index (κ3) is 3.64. The Morgan fingerprint density at radius 2 is 2.05 bits per heavy atom. The molecule has 0 saturated carbocycles. The highest BCUT2D eigenvalue weighted by molar-refractivity contribution is 6.33. The first-order valence-electron chi connectivity index (χ1n) is 6.57. The van der Waals surface area contributed by atoms with Gasteiger partial charge in [0.1, 0.15) is 0 Å². The molecular weight excluding hydrogens is 288 g/mol. The van der Waals surface area contributed by atoms with Gasteiger partial charge >= 0.3 is 0 Å². The largest absolute Gasteiger partial charge is 0.409 e. The van der Waals surface area contributed by atoms with Gasteiger partial charge in [-0.05, 0) is 42.8 Å². The summed E-state index contributed by atoms with van der Waals surface area (Å²) in [5.41, 5.74) is 8.22. The van der Waals surface area contributed by atoms with Crippen molar-refractivity contribution in [1.29, 1.82) is 0 Å². The predicted octanol–water partition coefficient (Wildman–Crippen LogP) is 2.86. The maximum Gasteiger partial charge on any atom is 0.170 e. The van der Waals surface area contributed by atoms with Crippen LogP contribution < -0.4 is 10.6 Å². The van der Waals surface area contributed by atoms with Crippen LogP contribution in [0.4, 0.5) is 5.69 Å².